The normalized spacial score (nSPS) is 13.5. The summed E-state index contributed by atoms with van der Waals surface area (Å²) in [5.74, 6) is 1.00. The molecular weight excluding hydrogens is 348 g/mol. The fourth-order valence-electron chi connectivity index (χ4n) is 4.30. The van der Waals surface area contributed by atoms with E-state index in [2.05, 4.69) is 32.6 Å². The van der Waals surface area contributed by atoms with Crippen LogP contribution in [-0.4, -0.2) is 43.1 Å². The van der Waals surface area contributed by atoms with Crippen molar-refractivity contribution in [2.45, 2.75) is 52.6 Å². The van der Waals surface area contributed by atoms with E-state index in [1.54, 1.807) is 7.11 Å². The summed E-state index contributed by atoms with van der Waals surface area (Å²) in [5.41, 5.74) is 4.27. The zero-order valence-electron chi connectivity index (χ0n) is 17.7. The number of carbonyl (C=O) groups excluding carboxylic acids is 1. The zero-order chi connectivity index (χ0) is 20.3. The van der Waals surface area contributed by atoms with E-state index in [9.17, 15) is 4.79 Å². The summed E-state index contributed by atoms with van der Waals surface area (Å²) in [5, 5.41) is 0. The lowest BCUT2D eigenvalue weighted by molar-refractivity contribution is 0.0989. The lowest BCUT2D eigenvalue weighted by Gasteiger charge is -2.31. The summed E-state index contributed by atoms with van der Waals surface area (Å²) >= 11 is 0. The van der Waals surface area contributed by atoms with Crippen LogP contribution in [0, 0.1) is 0 Å². The fourth-order valence-corrected chi connectivity index (χ4v) is 4.30. The number of methoxy groups -OCH3 is 1. The van der Waals surface area contributed by atoms with Crippen molar-refractivity contribution in [1.82, 2.24) is 4.90 Å². The van der Waals surface area contributed by atoms with Gasteiger partial charge in [0.2, 0.25) is 0 Å². The number of carbonyl (C=O) groups is 1. The van der Waals surface area contributed by atoms with Crippen molar-refractivity contribution >= 4 is 11.6 Å². The molecule has 0 aromatic heterocycles. The number of fused-ring (bicyclic) bond motifs is 1. The number of hydrogen-bond acceptors (Lipinski definition) is 3. The smallest absolute Gasteiger partial charge is 0.258 e. The average Bonchev–Trinajstić information content (AvgIpc) is 3.12. The van der Waals surface area contributed by atoms with Crippen molar-refractivity contribution in [3.05, 3.63) is 59.2 Å². The molecule has 3 rings (SSSR count). The van der Waals surface area contributed by atoms with Crippen molar-refractivity contribution in [3.8, 4) is 5.75 Å². The number of anilines is 1. The highest BCUT2D eigenvalue weighted by Crippen LogP contribution is 2.37. The summed E-state index contributed by atoms with van der Waals surface area (Å²) < 4.78 is 5.68. The third kappa shape index (κ3) is 4.07. The maximum atomic E-state index is 13.0. The molecule has 150 valence electrons. The van der Waals surface area contributed by atoms with Crippen LogP contribution in [0.5, 0.6) is 5.75 Å². The van der Waals surface area contributed by atoms with E-state index in [-0.39, 0.29) is 5.91 Å². The molecule has 4 heteroatoms. The van der Waals surface area contributed by atoms with Gasteiger partial charge in [0.25, 0.3) is 5.91 Å². The van der Waals surface area contributed by atoms with Crippen LogP contribution in [0.3, 0.4) is 0 Å². The second-order valence-electron chi connectivity index (χ2n) is 7.99. The zero-order valence-corrected chi connectivity index (χ0v) is 17.7. The Morgan fingerprint density at radius 3 is 2.36 bits per heavy atom. The molecule has 0 bridgehead atoms. The van der Waals surface area contributed by atoms with Crippen molar-refractivity contribution in [2.24, 2.45) is 0 Å². The molecule has 0 spiro atoms. The Balaban J connectivity index is 1.89. The van der Waals surface area contributed by atoms with Gasteiger partial charge < -0.3 is 9.64 Å². The summed E-state index contributed by atoms with van der Waals surface area (Å²) in [6, 6.07) is 14.6. The van der Waals surface area contributed by atoms with Crippen molar-refractivity contribution in [3.63, 3.8) is 0 Å². The SMILES string of the molecule is COc1ccc2c(c1CCN(C(C)C)C(C)C)CCN2C(=O)c1ccccc1. The van der Waals surface area contributed by atoms with E-state index >= 15 is 0 Å². The Morgan fingerprint density at radius 1 is 1.07 bits per heavy atom. The summed E-state index contributed by atoms with van der Waals surface area (Å²) in [6.07, 6.45) is 1.81. The van der Waals surface area contributed by atoms with E-state index in [4.69, 9.17) is 4.74 Å². The molecule has 4 nitrogen and oxygen atoms in total. The predicted molar refractivity (Wildman–Crippen MR) is 115 cm³/mol. The standard InChI is InChI=1S/C24H32N2O2/c1-17(2)25(18(3)4)15-14-21-20-13-16-26(22(20)11-12-23(21)28-5)24(27)19-9-7-6-8-10-19/h6-12,17-18H,13-16H2,1-5H3. The third-order valence-electron chi connectivity index (χ3n) is 5.67. The molecule has 2 aromatic rings. The minimum atomic E-state index is 0.0708. The molecule has 2 aromatic carbocycles. The van der Waals surface area contributed by atoms with Crippen molar-refractivity contribution < 1.29 is 9.53 Å². The van der Waals surface area contributed by atoms with Crippen LogP contribution in [0.4, 0.5) is 5.69 Å². The first-order chi connectivity index (χ1) is 13.4. The minimum absolute atomic E-state index is 0.0708. The molecule has 1 aliphatic rings. The van der Waals surface area contributed by atoms with Crippen LogP contribution < -0.4 is 9.64 Å². The molecule has 0 N–H and O–H groups in total. The maximum Gasteiger partial charge on any atom is 0.258 e. The van der Waals surface area contributed by atoms with Gasteiger partial charge in [0.1, 0.15) is 5.75 Å². The minimum Gasteiger partial charge on any atom is -0.496 e. The molecule has 0 fully saturated rings. The van der Waals surface area contributed by atoms with Gasteiger partial charge in [0, 0.05) is 42.0 Å². The Bertz CT molecular complexity index is 807. The second kappa shape index (κ2) is 8.78. The molecule has 0 saturated carbocycles. The summed E-state index contributed by atoms with van der Waals surface area (Å²) in [4.78, 5) is 17.4. The van der Waals surface area contributed by atoms with Crippen LogP contribution in [0.1, 0.15) is 49.2 Å². The van der Waals surface area contributed by atoms with E-state index in [1.165, 1.54) is 11.1 Å². The Kier molecular flexibility index (Phi) is 6.40. The van der Waals surface area contributed by atoms with Crippen molar-refractivity contribution in [1.29, 1.82) is 0 Å². The van der Waals surface area contributed by atoms with Gasteiger partial charge in [-0.05, 0) is 70.4 Å². The number of ether oxygens (including phenoxy) is 1. The lowest BCUT2D eigenvalue weighted by Crippen LogP contribution is -2.38. The van der Waals surface area contributed by atoms with Crippen molar-refractivity contribution in [2.75, 3.05) is 25.1 Å². The molecule has 0 aliphatic carbocycles. The highest BCUT2D eigenvalue weighted by molar-refractivity contribution is 6.07. The number of nitrogens with zero attached hydrogens (tertiary/aromatic N) is 2. The first-order valence-electron chi connectivity index (χ1n) is 10.3. The Labute approximate surface area is 169 Å². The van der Waals surface area contributed by atoms with E-state index in [0.29, 0.717) is 12.1 Å². The summed E-state index contributed by atoms with van der Waals surface area (Å²) in [7, 11) is 1.73. The number of amides is 1. The first kappa shape index (κ1) is 20.4. The van der Waals surface area contributed by atoms with Gasteiger partial charge in [0.15, 0.2) is 0 Å². The highest BCUT2D eigenvalue weighted by atomic mass is 16.5. The lowest BCUT2D eigenvalue weighted by atomic mass is 10.00. The molecule has 1 aliphatic heterocycles. The van der Waals surface area contributed by atoms with Gasteiger partial charge in [-0.1, -0.05) is 18.2 Å². The number of hydrogen-bond donors (Lipinski definition) is 0. The average molecular weight is 381 g/mol. The van der Waals surface area contributed by atoms with Crippen LogP contribution in [0.25, 0.3) is 0 Å². The fraction of sp³-hybridized carbons (Fsp3) is 0.458. The third-order valence-corrected chi connectivity index (χ3v) is 5.67. The van der Waals surface area contributed by atoms with Gasteiger partial charge >= 0.3 is 0 Å². The van der Waals surface area contributed by atoms with Crippen LogP contribution in [-0.2, 0) is 12.8 Å². The Hall–Kier alpha value is -2.33. The van der Waals surface area contributed by atoms with Gasteiger partial charge in [0.05, 0.1) is 7.11 Å². The quantitative estimate of drug-likeness (QED) is 0.706. The molecule has 1 heterocycles. The topological polar surface area (TPSA) is 32.8 Å². The first-order valence-corrected chi connectivity index (χ1v) is 10.3. The maximum absolute atomic E-state index is 13.0. The molecule has 0 radical (unpaired) electrons. The predicted octanol–water partition coefficient (Wildman–Crippen LogP) is 4.56. The molecule has 0 saturated heterocycles. The number of benzene rings is 2. The monoisotopic (exact) mass is 380 g/mol. The largest absolute Gasteiger partial charge is 0.496 e. The van der Waals surface area contributed by atoms with Crippen LogP contribution in [0.2, 0.25) is 0 Å². The van der Waals surface area contributed by atoms with E-state index in [0.717, 1.165) is 42.9 Å². The van der Waals surface area contributed by atoms with Gasteiger partial charge in [-0.3, -0.25) is 9.69 Å². The molecule has 1 amide bonds. The van der Waals surface area contributed by atoms with Crippen LogP contribution >= 0.6 is 0 Å². The molecule has 28 heavy (non-hydrogen) atoms. The van der Waals surface area contributed by atoms with Gasteiger partial charge in [-0.25, -0.2) is 0 Å². The highest BCUT2D eigenvalue weighted by Gasteiger charge is 2.29. The number of rotatable bonds is 7. The summed E-state index contributed by atoms with van der Waals surface area (Å²) in [6.45, 7) is 10.7. The second-order valence-corrected chi connectivity index (χ2v) is 7.99. The van der Waals surface area contributed by atoms with Crippen LogP contribution in [0.15, 0.2) is 42.5 Å². The van der Waals surface area contributed by atoms with Gasteiger partial charge in [-0.2, -0.15) is 0 Å². The van der Waals surface area contributed by atoms with E-state index < -0.39 is 0 Å². The molecule has 0 atom stereocenters. The molecule has 0 unspecified atom stereocenters. The van der Waals surface area contributed by atoms with E-state index in [1.807, 2.05) is 47.4 Å². The Morgan fingerprint density at radius 2 is 1.75 bits per heavy atom. The molecular formula is C24H32N2O2. The van der Waals surface area contributed by atoms with Gasteiger partial charge in [-0.15, -0.1) is 0 Å².